The van der Waals surface area contributed by atoms with Crippen LogP contribution in [0.5, 0.6) is 0 Å². The minimum Gasteiger partial charge on any atom is -0.378 e. The van der Waals surface area contributed by atoms with Crippen LogP contribution >= 0.6 is 0 Å². The van der Waals surface area contributed by atoms with Crippen molar-refractivity contribution in [2.24, 2.45) is 5.92 Å². The maximum absolute atomic E-state index is 5.92. The van der Waals surface area contributed by atoms with E-state index in [1.165, 1.54) is 36.6 Å². The predicted octanol–water partition coefficient (Wildman–Crippen LogP) is 4.72. The van der Waals surface area contributed by atoms with Crippen molar-refractivity contribution in [3.63, 3.8) is 0 Å². The molecule has 2 heterocycles. The molecule has 2 aromatic rings. The smallest absolute Gasteiger partial charge is 0.159 e. The summed E-state index contributed by atoms with van der Waals surface area (Å²) in [5.74, 6) is 1.36. The van der Waals surface area contributed by atoms with Crippen molar-refractivity contribution in [3.8, 4) is 0 Å². The van der Waals surface area contributed by atoms with Gasteiger partial charge in [0.15, 0.2) is 5.65 Å². The fourth-order valence-corrected chi connectivity index (χ4v) is 3.70. The first-order valence-corrected chi connectivity index (χ1v) is 8.60. The number of rotatable bonds is 5. The zero-order valence-electron chi connectivity index (χ0n) is 13.7. The van der Waals surface area contributed by atoms with Gasteiger partial charge in [0.2, 0.25) is 0 Å². The third-order valence-electron chi connectivity index (χ3n) is 5.01. The highest BCUT2D eigenvalue weighted by Gasteiger charge is 2.27. The lowest BCUT2D eigenvalue weighted by atomic mass is 9.76. The Morgan fingerprint density at radius 3 is 2.68 bits per heavy atom. The molecule has 0 saturated heterocycles. The van der Waals surface area contributed by atoms with Gasteiger partial charge in [0.25, 0.3) is 0 Å². The summed E-state index contributed by atoms with van der Waals surface area (Å²) < 4.78 is 5.92. The van der Waals surface area contributed by atoms with Crippen LogP contribution in [0.3, 0.4) is 0 Å². The summed E-state index contributed by atoms with van der Waals surface area (Å²) in [5.41, 5.74) is 2.31. The van der Waals surface area contributed by atoms with Crippen molar-refractivity contribution < 1.29 is 4.74 Å². The van der Waals surface area contributed by atoms with Gasteiger partial charge >= 0.3 is 0 Å². The molecule has 1 aliphatic carbocycles. The van der Waals surface area contributed by atoms with Crippen LogP contribution in [-0.2, 0) is 4.74 Å². The number of hydrogen-bond donors (Lipinski definition) is 0. The average Bonchev–Trinajstić information content (AvgIpc) is 2.59. The molecule has 0 aliphatic heterocycles. The van der Waals surface area contributed by atoms with E-state index < -0.39 is 0 Å². The van der Waals surface area contributed by atoms with Crippen molar-refractivity contribution in [1.82, 2.24) is 9.97 Å². The molecular weight excluding hydrogens is 272 g/mol. The third-order valence-corrected chi connectivity index (χ3v) is 5.01. The zero-order chi connectivity index (χ0) is 15.4. The summed E-state index contributed by atoms with van der Waals surface area (Å²) in [7, 11) is 0. The molecule has 0 bridgehead atoms. The van der Waals surface area contributed by atoms with Gasteiger partial charge in [-0.2, -0.15) is 0 Å². The van der Waals surface area contributed by atoms with Gasteiger partial charge in [-0.1, -0.05) is 6.92 Å². The average molecular weight is 298 g/mol. The van der Waals surface area contributed by atoms with Gasteiger partial charge < -0.3 is 4.74 Å². The monoisotopic (exact) mass is 298 g/mol. The zero-order valence-corrected chi connectivity index (χ0v) is 13.7. The molecule has 0 amide bonds. The highest BCUT2D eigenvalue weighted by Crippen LogP contribution is 2.39. The van der Waals surface area contributed by atoms with E-state index in [4.69, 9.17) is 4.74 Å². The van der Waals surface area contributed by atoms with Crippen molar-refractivity contribution in [2.45, 2.75) is 58.0 Å². The van der Waals surface area contributed by atoms with Crippen LogP contribution in [-0.4, -0.2) is 22.7 Å². The van der Waals surface area contributed by atoms with Gasteiger partial charge in [0.05, 0.1) is 6.10 Å². The van der Waals surface area contributed by atoms with Crippen LogP contribution in [0.2, 0.25) is 0 Å². The van der Waals surface area contributed by atoms with E-state index in [0.29, 0.717) is 17.9 Å². The molecule has 1 atom stereocenters. The molecule has 1 unspecified atom stereocenters. The lowest BCUT2D eigenvalue weighted by Gasteiger charge is -2.32. The van der Waals surface area contributed by atoms with Gasteiger partial charge in [-0.3, -0.25) is 0 Å². The second-order valence-corrected chi connectivity index (χ2v) is 6.46. The summed E-state index contributed by atoms with van der Waals surface area (Å²) in [5, 5.41) is 1.23. The molecule has 2 aromatic heterocycles. The Hall–Kier alpha value is -1.48. The molecule has 1 aliphatic rings. The van der Waals surface area contributed by atoms with Crippen molar-refractivity contribution in [2.75, 3.05) is 6.61 Å². The summed E-state index contributed by atoms with van der Waals surface area (Å²) in [6.45, 7) is 5.31. The summed E-state index contributed by atoms with van der Waals surface area (Å²) >= 11 is 0. The first-order chi connectivity index (χ1) is 10.8. The lowest BCUT2D eigenvalue weighted by Crippen LogP contribution is -2.25. The molecular formula is C19H26N2O. The van der Waals surface area contributed by atoms with E-state index in [2.05, 4.69) is 35.9 Å². The maximum atomic E-state index is 5.92. The Bertz CT molecular complexity index is 600. The van der Waals surface area contributed by atoms with Crippen LogP contribution in [0.1, 0.15) is 57.4 Å². The molecule has 1 fully saturated rings. The summed E-state index contributed by atoms with van der Waals surface area (Å²) in [6, 6.07) is 6.36. The Kier molecular flexibility index (Phi) is 5.04. The van der Waals surface area contributed by atoms with Crippen LogP contribution in [0.15, 0.2) is 30.6 Å². The van der Waals surface area contributed by atoms with Crippen LogP contribution in [0, 0.1) is 5.92 Å². The van der Waals surface area contributed by atoms with Gasteiger partial charge in [0.1, 0.15) is 0 Å². The molecule has 0 spiro atoms. The second-order valence-electron chi connectivity index (χ2n) is 6.46. The lowest BCUT2D eigenvalue weighted by molar-refractivity contribution is 0.0114. The number of ether oxygens (including phenoxy) is 1. The number of fused-ring (bicyclic) bond motifs is 1. The fourth-order valence-electron chi connectivity index (χ4n) is 3.70. The fraction of sp³-hybridized carbons (Fsp3) is 0.579. The topological polar surface area (TPSA) is 35.0 Å². The molecule has 22 heavy (non-hydrogen) atoms. The van der Waals surface area contributed by atoms with Crippen LogP contribution < -0.4 is 0 Å². The molecule has 1 saturated carbocycles. The van der Waals surface area contributed by atoms with E-state index >= 15 is 0 Å². The Labute approximate surface area is 133 Å². The third kappa shape index (κ3) is 3.30. The van der Waals surface area contributed by atoms with Gasteiger partial charge in [-0.15, -0.1) is 0 Å². The molecule has 3 rings (SSSR count). The highest BCUT2D eigenvalue weighted by atomic mass is 16.5. The predicted molar refractivity (Wildman–Crippen MR) is 89.9 cm³/mol. The standard InChI is InChI=1S/C19H26N2O/c1-3-13-22-14(2)15-6-8-16(9-7-15)17-10-12-21-19-18(17)5-4-11-20-19/h4-5,10-12,14-16H,3,6-9,13H2,1-2H3. The summed E-state index contributed by atoms with van der Waals surface area (Å²) in [6.07, 6.45) is 10.3. The van der Waals surface area contributed by atoms with E-state index in [1.54, 1.807) is 0 Å². The quantitative estimate of drug-likeness (QED) is 0.801. The Morgan fingerprint density at radius 2 is 1.91 bits per heavy atom. The van der Waals surface area contributed by atoms with E-state index in [1.807, 2.05) is 18.5 Å². The first kappa shape index (κ1) is 15.4. The van der Waals surface area contributed by atoms with Crippen LogP contribution in [0.25, 0.3) is 11.0 Å². The Balaban J connectivity index is 1.68. The van der Waals surface area contributed by atoms with Gasteiger partial charge in [0, 0.05) is 24.4 Å². The number of pyridine rings is 2. The van der Waals surface area contributed by atoms with E-state index in [9.17, 15) is 0 Å². The van der Waals surface area contributed by atoms with Crippen molar-refractivity contribution >= 4 is 11.0 Å². The van der Waals surface area contributed by atoms with Crippen molar-refractivity contribution in [3.05, 3.63) is 36.2 Å². The van der Waals surface area contributed by atoms with Gasteiger partial charge in [-0.25, -0.2) is 9.97 Å². The number of aromatic nitrogens is 2. The first-order valence-electron chi connectivity index (χ1n) is 8.60. The normalized spacial score (nSPS) is 23.5. The highest BCUT2D eigenvalue weighted by molar-refractivity contribution is 5.78. The van der Waals surface area contributed by atoms with Crippen LogP contribution in [0.4, 0.5) is 0 Å². The molecule has 3 nitrogen and oxygen atoms in total. The summed E-state index contributed by atoms with van der Waals surface area (Å²) in [4.78, 5) is 8.76. The maximum Gasteiger partial charge on any atom is 0.159 e. The SMILES string of the molecule is CCCOC(C)C1CCC(c2ccnc3ncccc23)CC1. The van der Waals surface area contributed by atoms with Crippen molar-refractivity contribution in [1.29, 1.82) is 0 Å². The largest absolute Gasteiger partial charge is 0.378 e. The molecule has 118 valence electrons. The minimum absolute atomic E-state index is 0.400. The molecule has 0 N–H and O–H groups in total. The molecule has 0 radical (unpaired) electrons. The van der Waals surface area contributed by atoms with E-state index in [0.717, 1.165) is 18.7 Å². The molecule has 0 aromatic carbocycles. The second kappa shape index (κ2) is 7.19. The number of nitrogens with zero attached hydrogens (tertiary/aromatic N) is 2. The van der Waals surface area contributed by atoms with Gasteiger partial charge in [-0.05, 0) is 74.6 Å². The minimum atomic E-state index is 0.400. The molecule has 3 heteroatoms. The Morgan fingerprint density at radius 1 is 1.14 bits per heavy atom. The number of hydrogen-bond acceptors (Lipinski definition) is 3. The van der Waals surface area contributed by atoms with E-state index in [-0.39, 0.29) is 0 Å².